The molecule has 108 valence electrons. The van der Waals surface area contributed by atoms with Crippen LogP contribution in [0.4, 0.5) is 4.79 Å². The summed E-state index contributed by atoms with van der Waals surface area (Å²) in [6, 6.07) is 3.88. The second kappa shape index (κ2) is 4.73. The van der Waals surface area contributed by atoms with Crippen LogP contribution in [0.1, 0.15) is 20.8 Å². The number of H-pyrrole nitrogens is 1. The number of rotatable bonds is 1. The van der Waals surface area contributed by atoms with E-state index in [-0.39, 0.29) is 0 Å². The van der Waals surface area contributed by atoms with Gasteiger partial charge in [0.25, 0.3) is 0 Å². The highest BCUT2D eigenvalue weighted by Crippen LogP contribution is 2.21. The van der Waals surface area contributed by atoms with E-state index in [1.165, 1.54) is 4.68 Å². The predicted molar refractivity (Wildman–Crippen MR) is 78.9 cm³/mol. The van der Waals surface area contributed by atoms with Gasteiger partial charge in [0, 0.05) is 35.1 Å². The van der Waals surface area contributed by atoms with Crippen molar-refractivity contribution in [3.63, 3.8) is 0 Å². The molecule has 0 aromatic carbocycles. The summed E-state index contributed by atoms with van der Waals surface area (Å²) >= 11 is 0. The normalized spacial score (nSPS) is 11.8. The molecule has 0 aliphatic heterocycles. The third kappa shape index (κ3) is 2.79. The Hall–Kier alpha value is -2.63. The van der Waals surface area contributed by atoms with Crippen LogP contribution in [0.5, 0.6) is 0 Å². The smallest absolute Gasteiger partial charge is 0.435 e. The van der Waals surface area contributed by atoms with Crippen LogP contribution in [0.3, 0.4) is 0 Å². The zero-order valence-electron chi connectivity index (χ0n) is 12.1. The average molecular weight is 284 g/mol. The van der Waals surface area contributed by atoms with Crippen LogP contribution in [0, 0.1) is 0 Å². The lowest BCUT2D eigenvalue weighted by molar-refractivity contribution is 0.0514. The molecule has 3 rings (SSSR count). The molecule has 3 aromatic heterocycles. The topological polar surface area (TPSA) is 72.8 Å². The molecule has 6 nitrogen and oxygen atoms in total. The number of nitrogens with zero attached hydrogens (tertiary/aromatic N) is 3. The van der Waals surface area contributed by atoms with Crippen LogP contribution >= 0.6 is 0 Å². The minimum absolute atomic E-state index is 0.505. The van der Waals surface area contributed by atoms with Gasteiger partial charge in [-0.3, -0.25) is 4.98 Å². The number of aromatic nitrogens is 4. The van der Waals surface area contributed by atoms with E-state index in [0.29, 0.717) is 0 Å². The van der Waals surface area contributed by atoms with E-state index in [0.717, 1.165) is 22.2 Å². The van der Waals surface area contributed by atoms with Gasteiger partial charge in [-0.2, -0.15) is 9.78 Å². The van der Waals surface area contributed by atoms with Crippen molar-refractivity contribution in [1.82, 2.24) is 19.7 Å². The van der Waals surface area contributed by atoms with Gasteiger partial charge >= 0.3 is 6.09 Å². The zero-order valence-corrected chi connectivity index (χ0v) is 12.1. The number of hydrogen-bond acceptors (Lipinski definition) is 4. The van der Waals surface area contributed by atoms with E-state index >= 15 is 0 Å². The van der Waals surface area contributed by atoms with Crippen LogP contribution in [0.25, 0.3) is 22.2 Å². The van der Waals surface area contributed by atoms with Gasteiger partial charge < -0.3 is 9.72 Å². The predicted octanol–water partition coefficient (Wildman–Crippen LogP) is 3.21. The van der Waals surface area contributed by atoms with E-state index in [4.69, 9.17) is 4.74 Å². The van der Waals surface area contributed by atoms with Crippen molar-refractivity contribution in [2.75, 3.05) is 0 Å². The summed E-state index contributed by atoms with van der Waals surface area (Å²) in [6.45, 7) is 5.45. The lowest BCUT2D eigenvalue weighted by atomic mass is 10.2. The van der Waals surface area contributed by atoms with Crippen LogP contribution < -0.4 is 0 Å². The third-order valence-corrected chi connectivity index (χ3v) is 2.90. The number of hydrogen-bond donors (Lipinski definition) is 1. The van der Waals surface area contributed by atoms with Crippen LogP contribution in [-0.4, -0.2) is 31.4 Å². The zero-order chi connectivity index (χ0) is 15.0. The molecule has 21 heavy (non-hydrogen) atoms. The van der Waals surface area contributed by atoms with E-state index in [2.05, 4.69) is 15.1 Å². The number of pyridine rings is 1. The molecule has 1 N–H and O–H groups in total. The fraction of sp³-hybridized carbons (Fsp3) is 0.267. The van der Waals surface area contributed by atoms with E-state index in [1.54, 1.807) is 18.6 Å². The summed E-state index contributed by atoms with van der Waals surface area (Å²) in [5.41, 5.74) is 1.95. The number of carbonyl (C=O) groups excluding carboxylic acids is 1. The molecule has 0 bridgehead atoms. The summed E-state index contributed by atoms with van der Waals surface area (Å²) in [4.78, 5) is 19.4. The Bertz CT molecular complexity index is 795. The van der Waals surface area contributed by atoms with Crippen LogP contribution in [0.2, 0.25) is 0 Å². The van der Waals surface area contributed by atoms with E-state index in [9.17, 15) is 4.79 Å². The van der Waals surface area contributed by atoms with Gasteiger partial charge in [0.2, 0.25) is 0 Å². The monoisotopic (exact) mass is 284 g/mol. The van der Waals surface area contributed by atoms with Crippen molar-refractivity contribution in [3.05, 3.63) is 36.9 Å². The minimum atomic E-state index is -0.551. The summed E-state index contributed by atoms with van der Waals surface area (Å²) in [5.74, 6) is 0. The number of fused-ring (bicyclic) bond motifs is 1. The van der Waals surface area contributed by atoms with Gasteiger partial charge in [0.15, 0.2) is 0 Å². The standard InChI is InChI=1S/C15H16N4O2/c1-15(2,3)21-14(20)19-9-11(8-18-19)13-6-12-10(7-17-13)4-5-16-12/h4-9,16H,1-3H3. The minimum Gasteiger partial charge on any atom is -0.442 e. The molecular weight excluding hydrogens is 268 g/mol. The Kier molecular flexibility index (Phi) is 3.01. The molecule has 0 aliphatic carbocycles. The molecule has 0 unspecified atom stereocenters. The maximum atomic E-state index is 11.9. The van der Waals surface area contributed by atoms with Crippen molar-refractivity contribution >= 4 is 17.0 Å². The molecule has 0 atom stereocenters. The van der Waals surface area contributed by atoms with Crippen molar-refractivity contribution < 1.29 is 9.53 Å². The highest BCUT2D eigenvalue weighted by molar-refractivity contribution is 5.82. The van der Waals surface area contributed by atoms with Gasteiger partial charge in [-0.05, 0) is 32.9 Å². The van der Waals surface area contributed by atoms with Gasteiger partial charge in [-0.25, -0.2) is 4.79 Å². The summed E-state index contributed by atoms with van der Waals surface area (Å²) < 4.78 is 6.45. The molecule has 3 heterocycles. The SMILES string of the molecule is CC(C)(C)OC(=O)n1cc(-c2cc3[nH]ccc3cn2)cn1. The number of aromatic amines is 1. The molecule has 0 fully saturated rings. The fourth-order valence-corrected chi connectivity index (χ4v) is 1.97. The van der Waals surface area contributed by atoms with Crippen molar-refractivity contribution in [3.8, 4) is 11.3 Å². The van der Waals surface area contributed by atoms with Gasteiger partial charge in [-0.15, -0.1) is 0 Å². The first-order valence-electron chi connectivity index (χ1n) is 6.64. The summed E-state index contributed by atoms with van der Waals surface area (Å²) in [5, 5.41) is 5.08. The molecular formula is C15H16N4O2. The van der Waals surface area contributed by atoms with Gasteiger partial charge in [-0.1, -0.05) is 0 Å². The van der Waals surface area contributed by atoms with Crippen LogP contribution in [0.15, 0.2) is 36.9 Å². The van der Waals surface area contributed by atoms with Crippen LogP contribution in [-0.2, 0) is 4.74 Å². The maximum absolute atomic E-state index is 11.9. The van der Waals surface area contributed by atoms with Gasteiger partial charge in [0.1, 0.15) is 5.60 Å². The Labute approximate surface area is 121 Å². The molecule has 0 saturated heterocycles. The Morgan fingerprint density at radius 2 is 2.14 bits per heavy atom. The molecule has 0 spiro atoms. The highest BCUT2D eigenvalue weighted by Gasteiger charge is 2.18. The van der Waals surface area contributed by atoms with E-state index in [1.807, 2.05) is 39.1 Å². The quantitative estimate of drug-likeness (QED) is 0.744. The van der Waals surface area contributed by atoms with E-state index < -0.39 is 11.7 Å². The Balaban J connectivity index is 1.88. The second-order valence-corrected chi connectivity index (χ2v) is 5.79. The first-order chi connectivity index (χ1) is 9.92. The average Bonchev–Trinajstić information content (AvgIpc) is 3.05. The lowest BCUT2D eigenvalue weighted by Gasteiger charge is -2.18. The Morgan fingerprint density at radius 3 is 2.90 bits per heavy atom. The van der Waals surface area contributed by atoms with Crippen molar-refractivity contribution in [2.24, 2.45) is 0 Å². The first kappa shape index (κ1) is 13.4. The molecule has 3 aromatic rings. The molecule has 0 aliphatic rings. The van der Waals surface area contributed by atoms with Crippen molar-refractivity contribution in [1.29, 1.82) is 0 Å². The first-order valence-corrected chi connectivity index (χ1v) is 6.64. The van der Waals surface area contributed by atoms with Crippen molar-refractivity contribution in [2.45, 2.75) is 26.4 Å². The number of carbonyl (C=O) groups is 1. The summed E-state index contributed by atoms with van der Waals surface area (Å²) in [6.07, 6.45) is 6.35. The number of ether oxygens (including phenoxy) is 1. The number of nitrogens with one attached hydrogen (secondary N) is 1. The molecule has 0 radical (unpaired) electrons. The summed E-state index contributed by atoms with van der Waals surface area (Å²) in [7, 11) is 0. The van der Waals surface area contributed by atoms with Gasteiger partial charge in [0.05, 0.1) is 11.9 Å². The molecule has 0 saturated carbocycles. The lowest BCUT2D eigenvalue weighted by Crippen LogP contribution is -2.27. The fourth-order valence-electron chi connectivity index (χ4n) is 1.97. The molecule has 6 heteroatoms. The highest BCUT2D eigenvalue weighted by atomic mass is 16.6. The maximum Gasteiger partial charge on any atom is 0.435 e. The Morgan fingerprint density at radius 1 is 1.33 bits per heavy atom. The third-order valence-electron chi connectivity index (χ3n) is 2.90. The molecule has 0 amide bonds. The largest absolute Gasteiger partial charge is 0.442 e. The second-order valence-electron chi connectivity index (χ2n) is 5.79.